The summed E-state index contributed by atoms with van der Waals surface area (Å²) in [5.41, 5.74) is 4.78. The van der Waals surface area contributed by atoms with E-state index in [0.29, 0.717) is 0 Å². The first kappa shape index (κ1) is 10.6. The highest BCUT2D eigenvalue weighted by Gasteiger charge is 1.96. The van der Waals surface area contributed by atoms with Gasteiger partial charge in [-0.15, -0.1) is 0 Å². The lowest BCUT2D eigenvalue weighted by atomic mass is 10.0. The van der Waals surface area contributed by atoms with Crippen LogP contribution in [0.2, 0.25) is 0 Å². The van der Waals surface area contributed by atoms with Crippen LogP contribution in [0.3, 0.4) is 0 Å². The quantitative estimate of drug-likeness (QED) is 0.540. The van der Waals surface area contributed by atoms with E-state index in [9.17, 15) is 0 Å². The molecule has 0 unspecified atom stereocenters. The third-order valence-corrected chi connectivity index (χ3v) is 2.30. The lowest BCUT2D eigenvalue weighted by Crippen LogP contribution is -1.86. The molecule has 0 fully saturated rings. The average Bonchev–Trinajstić information content (AvgIpc) is 2.16. The van der Waals surface area contributed by atoms with Gasteiger partial charge in [-0.1, -0.05) is 36.1 Å². The SMILES string of the molecule is C/C=C(\C)C#Cc1c(C)cccc1C. The topological polar surface area (TPSA) is 0 Å². The van der Waals surface area contributed by atoms with E-state index in [1.54, 1.807) is 0 Å². The molecule has 0 heteroatoms. The number of hydrogen-bond donors (Lipinski definition) is 0. The van der Waals surface area contributed by atoms with Gasteiger partial charge in [-0.05, 0) is 44.4 Å². The van der Waals surface area contributed by atoms with E-state index in [1.807, 2.05) is 19.9 Å². The molecule has 0 aliphatic carbocycles. The van der Waals surface area contributed by atoms with Crippen LogP contribution in [0.1, 0.15) is 30.5 Å². The number of allylic oxidation sites excluding steroid dienone is 2. The number of benzene rings is 1. The van der Waals surface area contributed by atoms with Crippen LogP contribution in [0.15, 0.2) is 29.8 Å². The summed E-state index contributed by atoms with van der Waals surface area (Å²) in [5, 5.41) is 0. The fourth-order valence-electron chi connectivity index (χ4n) is 1.24. The Hall–Kier alpha value is -1.48. The van der Waals surface area contributed by atoms with Crippen molar-refractivity contribution in [2.45, 2.75) is 27.7 Å². The van der Waals surface area contributed by atoms with Crippen LogP contribution in [0.4, 0.5) is 0 Å². The fourth-order valence-corrected chi connectivity index (χ4v) is 1.24. The van der Waals surface area contributed by atoms with Gasteiger partial charge in [-0.3, -0.25) is 0 Å². The standard InChI is InChI=1S/C14H16/c1-5-11(2)9-10-14-12(3)7-6-8-13(14)4/h5-8H,1-4H3/b11-5+. The highest BCUT2D eigenvalue weighted by molar-refractivity contribution is 5.48. The molecule has 14 heavy (non-hydrogen) atoms. The van der Waals surface area contributed by atoms with Gasteiger partial charge in [0.1, 0.15) is 0 Å². The summed E-state index contributed by atoms with van der Waals surface area (Å²) in [6.45, 7) is 8.24. The highest BCUT2D eigenvalue weighted by atomic mass is 14.0. The molecule has 0 aliphatic rings. The maximum Gasteiger partial charge on any atom is 0.0307 e. The molecule has 1 aromatic carbocycles. The molecule has 0 bridgehead atoms. The molecule has 0 aromatic heterocycles. The Morgan fingerprint density at radius 1 is 1.21 bits per heavy atom. The largest absolute Gasteiger partial charge is 0.0763 e. The zero-order valence-electron chi connectivity index (χ0n) is 9.31. The highest BCUT2D eigenvalue weighted by Crippen LogP contribution is 2.11. The van der Waals surface area contributed by atoms with E-state index in [2.05, 4.69) is 43.9 Å². The van der Waals surface area contributed by atoms with Crippen molar-refractivity contribution in [2.75, 3.05) is 0 Å². The Balaban J connectivity index is 3.12. The summed E-state index contributed by atoms with van der Waals surface area (Å²) >= 11 is 0. The fraction of sp³-hybridized carbons (Fsp3) is 0.286. The molecule has 0 aliphatic heterocycles. The van der Waals surface area contributed by atoms with E-state index in [0.717, 1.165) is 11.1 Å². The van der Waals surface area contributed by atoms with Crippen molar-refractivity contribution in [3.63, 3.8) is 0 Å². The van der Waals surface area contributed by atoms with Crippen LogP contribution in [-0.4, -0.2) is 0 Å². The van der Waals surface area contributed by atoms with Gasteiger partial charge < -0.3 is 0 Å². The van der Waals surface area contributed by atoms with Crippen LogP contribution < -0.4 is 0 Å². The van der Waals surface area contributed by atoms with Crippen LogP contribution in [0.5, 0.6) is 0 Å². The molecule has 0 amide bonds. The van der Waals surface area contributed by atoms with Crippen LogP contribution in [0, 0.1) is 25.7 Å². The van der Waals surface area contributed by atoms with Crippen LogP contribution >= 0.6 is 0 Å². The molecule has 0 saturated heterocycles. The van der Waals surface area contributed by atoms with Gasteiger partial charge in [-0.25, -0.2) is 0 Å². The molecule has 0 atom stereocenters. The Labute approximate surface area is 86.7 Å². The minimum absolute atomic E-state index is 1.12. The summed E-state index contributed by atoms with van der Waals surface area (Å²) in [6, 6.07) is 6.27. The molecule has 1 rings (SSSR count). The Morgan fingerprint density at radius 2 is 1.79 bits per heavy atom. The Kier molecular flexibility index (Phi) is 3.54. The maximum absolute atomic E-state index is 3.21. The first-order valence-corrected chi connectivity index (χ1v) is 4.86. The summed E-state index contributed by atoms with van der Waals surface area (Å²) in [5.74, 6) is 6.35. The molecule has 0 N–H and O–H groups in total. The smallest absolute Gasteiger partial charge is 0.0307 e. The van der Waals surface area contributed by atoms with Gasteiger partial charge in [-0.2, -0.15) is 0 Å². The second kappa shape index (κ2) is 4.67. The predicted molar refractivity (Wildman–Crippen MR) is 62.2 cm³/mol. The van der Waals surface area contributed by atoms with Crippen molar-refractivity contribution in [1.82, 2.24) is 0 Å². The van der Waals surface area contributed by atoms with E-state index in [1.165, 1.54) is 11.1 Å². The molecule has 0 nitrogen and oxygen atoms in total. The molecule has 1 aromatic rings. The molecule has 0 spiro atoms. The third kappa shape index (κ3) is 2.50. The summed E-state index contributed by atoms with van der Waals surface area (Å²) in [7, 11) is 0. The van der Waals surface area contributed by atoms with Gasteiger partial charge in [0, 0.05) is 5.56 Å². The summed E-state index contributed by atoms with van der Waals surface area (Å²) in [6.07, 6.45) is 2.03. The van der Waals surface area contributed by atoms with Crippen LogP contribution in [-0.2, 0) is 0 Å². The molecule has 72 valence electrons. The van der Waals surface area contributed by atoms with E-state index >= 15 is 0 Å². The predicted octanol–water partition coefficient (Wildman–Crippen LogP) is 3.62. The molecular formula is C14H16. The Bertz CT molecular complexity index is 391. The van der Waals surface area contributed by atoms with Crippen molar-refractivity contribution in [1.29, 1.82) is 0 Å². The van der Waals surface area contributed by atoms with Gasteiger partial charge in [0.25, 0.3) is 0 Å². The zero-order valence-corrected chi connectivity index (χ0v) is 9.31. The first-order chi connectivity index (χ1) is 6.65. The van der Waals surface area contributed by atoms with Gasteiger partial charge >= 0.3 is 0 Å². The number of hydrogen-bond acceptors (Lipinski definition) is 0. The van der Waals surface area contributed by atoms with E-state index in [-0.39, 0.29) is 0 Å². The van der Waals surface area contributed by atoms with Gasteiger partial charge in [0.05, 0.1) is 0 Å². The van der Waals surface area contributed by atoms with E-state index < -0.39 is 0 Å². The first-order valence-electron chi connectivity index (χ1n) is 4.86. The second-order valence-corrected chi connectivity index (χ2v) is 3.49. The third-order valence-electron chi connectivity index (χ3n) is 2.30. The minimum atomic E-state index is 1.12. The second-order valence-electron chi connectivity index (χ2n) is 3.49. The van der Waals surface area contributed by atoms with Crippen molar-refractivity contribution in [3.05, 3.63) is 46.5 Å². The van der Waals surface area contributed by atoms with Gasteiger partial charge in [0.2, 0.25) is 0 Å². The maximum atomic E-state index is 3.21. The molecule has 0 saturated carbocycles. The van der Waals surface area contributed by atoms with Crippen molar-refractivity contribution >= 4 is 0 Å². The Morgan fingerprint density at radius 3 is 2.29 bits per heavy atom. The van der Waals surface area contributed by atoms with Crippen molar-refractivity contribution in [3.8, 4) is 11.8 Å². The number of rotatable bonds is 0. The average molecular weight is 184 g/mol. The lowest BCUT2D eigenvalue weighted by molar-refractivity contribution is 1.35. The summed E-state index contributed by atoms with van der Waals surface area (Å²) < 4.78 is 0. The van der Waals surface area contributed by atoms with Crippen molar-refractivity contribution in [2.24, 2.45) is 0 Å². The van der Waals surface area contributed by atoms with Crippen LogP contribution in [0.25, 0.3) is 0 Å². The minimum Gasteiger partial charge on any atom is -0.0763 e. The molecule has 0 radical (unpaired) electrons. The molecular weight excluding hydrogens is 168 g/mol. The summed E-state index contributed by atoms with van der Waals surface area (Å²) in [4.78, 5) is 0. The molecule has 0 heterocycles. The normalized spacial score (nSPS) is 10.7. The van der Waals surface area contributed by atoms with E-state index in [4.69, 9.17) is 0 Å². The lowest BCUT2D eigenvalue weighted by Gasteiger charge is -2.01. The zero-order chi connectivity index (χ0) is 10.6. The monoisotopic (exact) mass is 184 g/mol. The van der Waals surface area contributed by atoms with Crippen molar-refractivity contribution < 1.29 is 0 Å². The number of aryl methyl sites for hydroxylation is 2. The van der Waals surface area contributed by atoms with Gasteiger partial charge in [0.15, 0.2) is 0 Å².